The van der Waals surface area contributed by atoms with Crippen LogP contribution in [0.15, 0.2) is 54.9 Å². The van der Waals surface area contributed by atoms with Crippen LogP contribution >= 0.6 is 23.2 Å². The van der Waals surface area contributed by atoms with Crippen molar-refractivity contribution >= 4 is 40.4 Å². The number of fused-ring (bicyclic) bond motifs is 1. The van der Waals surface area contributed by atoms with Gasteiger partial charge in [0.15, 0.2) is 0 Å². The highest BCUT2D eigenvalue weighted by atomic mass is 35.5. The molecule has 33 heavy (non-hydrogen) atoms. The lowest BCUT2D eigenvalue weighted by Gasteiger charge is -2.14. The lowest BCUT2D eigenvalue weighted by molar-refractivity contribution is 0.145. The Labute approximate surface area is 197 Å². The van der Waals surface area contributed by atoms with Crippen LogP contribution in [0, 0.1) is 5.82 Å². The summed E-state index contributed by atoms with van der Waals surface area (Å²) < 4.78 is 26.6. The Hall–Kier alpha value is -3.33. The average molecular weight is 491 g/mol. The molecule has 0 aliphatic heterocycles. The number of halogens is 3. The molecule has 2 N–H and O–H groups in total. The van der Waals surface area contributed by atoms with Crippen molar-refractivity contribution in [3.05, 3.63) is 87.4 Å². The number of aliphatic hydroxyl groups excluding tert-OH is 1. The number of aromatic nitrogens is 2. The first-order chi connectivity index (χ1) is 15.9. The molecule has 0 saturated carbocycles. The predicted molar refractivity (Wildman–Crippen MR) is 121 cm³/mol. The van der Waals surface area contributed by atoms with E-state index in [1.807, 2.05) is 0 Å². The molecule has 4 rings (SSSR count). The van der Waals surface area contributed by atoms with Crippen LogP contribution in [0.25, 0.3) is 11.0 Å². The maximum atomic E-state index is 14.1. The van der Waals surface area contributed by atoms with Gasteiger partial charge in [0.2, 0.25) is 0 Å². The van der Waals surface area contributed by atoms with Gasteiger partial charge in [-0.1, -0.05) is 29.3 Å². The summed E-state index contributed by atoms with van der Waals surface area (Å²) in [4.78, 5) is 15.4. The minimum Gasteiger partial charge on any atom is -0.488 e. The molecule has 4 aromatic rings. The van der Waals surface area contributed by atoms with E-state index in [0.29, 0.717) is 43.5 Å². The zero-order valence-corrected chi connectivity index (χ0v) is 18.5. The van der Waals surface area contributed by atoms with Gasteiger partial charge in [-0.3, -0.25) is 0 Å². The second-order valence-electron chi connectivity index (χ2n) is 7.09. The first-order valence-electron chi connectivity index (χ1n) is 9.69. The summed E-state index contributed by atoms with van der Waals surface area (Å²) in [5.74, 6) is 0.0623. The number of hydrogen-bond donors (Lipinski definition) is 2. The fraction of sp³-hybridized carbons (Fsp3) is 0.130. The number of aliphatic hydroxyl groups is 1. The standard InChI is InChI=1S/C23H17Cl2FN2O5/c24-16-3-4-19(32-12-13-1-2-17(25)8-18(13)26)14(7-16)9-28-10-15(11-29)21-20(33-23(30)31)5-6-27-22(21)28/h1-8,10,29H,9,11-12H2,(H,30,31). The van der Waals surface area contributed by atoms with Gasteiger partial charge < -0.3 is 24.3 Å². The summed E-state index contributed by atoms with van der Waals surface area (Å²) in [6, 6.07) is 10.8. The molecule has 0 bridgehead atoms. The van der Waals surface area contributed by atoms with Gasteiger partial charge in [-0.2, -0.15) is 0 Å². The van der Waals surface area contributed by atoms with Gasteiger partial charge in [-0.05, 0) is 30.3 Å². The first-order valence-corrected chi connectivity index (χ1v) is 10.4. The molecule has 0 fully saturated rings. The summed E-state index contributed by atoms with van der Waals surface area (Å²) in [6.07, 6.45) is 1.59. The van der Waals surface area contributed by atoms with Crippen LogP contribution in [-0.4, -0.2) is 25.9 Å². The third-order valence-electron chi connectivity index (χ3n) is 4.93. The van der Waals surface area contributed by atoms with Gasteiger partial charge in [0.25, 0.3) is 0 Å². The molecule has 0 spiro atoms. The summed E-state index contributed by atoms with van der Waals surface area (Å²) in [6.45, 7) is -0.139. The minimum atomic E-state index is -1.47. The largest absolute Gasteiger partial charge is 0.511 e. The fourth-order valence-electron chi connectivity index (χ4n) is 3.48. The number of nitrogens with zero attached hydrogens (tertiary/aromatic N) is 2. The zero-order chi connectivity index (χ0) is 23.5. The van der Waals surface area contributed by atoms with Crippen LogP contribution in [0.2, 0.25) is 10.0 Å². The fourth-order valence-corrected chi connectivity index (χ4v) is 3.83. The molecule has 170 valence electrons. The molecule has 2 aromatic carbocycles. The molecule has 0 radical (unpaired) electrons. The first kappa shape index (κ1) is 22.8. The molecule has 0 aliphatic rings. The number of rotatable bonds is 7. The van der Waals surface area contributed by atoms with E-state index in [-0.39, 0.29) is 25.5 Å². The normalized spacial score (nSPS) is 11.0. The van der Waals surface area contributed by atoms with Gasteiger partial charge in [0.1, 0.15) is 29.6 Å². The van der Waals surface area contributed by atoms with E-state index in [4.69, 9.17) is 37.8 Å². The molecule has 2 aromatic heterocycles. The Morgan fingerprint density at radius 2 is 1.79 bits per heavy atom. The van der Waals surface area contributed by atoms with Crippen LogP contribution in [0.4, 0.5) is 9.18 Å². The summed E-state index contributed by atoms with van der Waals surface area (Å²) in [5, 5.41) is 19.9. The van der Waals surface area contributed by atoms with E-state index in [9.17, 15) is 14.3 Å². The zero-order valence-electron chi connectivity index (χ0n) is 17.0. The smallest absolute Gasteiger partial charge is 0.488 e. The van der Waals surface area contributed by atoms with Crippen molar-refractivity contribution in [1.29, 1.82) is 0 Å². The van der Waals surface area contributed by atoms with E-state index < -0.39 is 12.0 Å². The van der Waals surface area contributed by atoms with Crippen LogP contribution in [0.1, 0.15) is 16.7 Å². The van der Waals surface area contributed by atoms with E-state index in [1.54, 1.807) is 41.1 Å². The molecule has 0 saturated heterocycles. The molecule has 0 atom stereocenters. The van der Waals surface area contributed by atoms with Gasteiger partial charge in [-0.25, -0.2) is 14.2 Å². The second kappa shape index (κ2) is 9.66. The average Bonchev–Trinajstić information content (AvgIpc) is 3.12. The molecule has 2 heterocycles. The number of hydrogen-bond acceptors (Lipinski definition) is 5. The van der Waals surface area contributed by atoms with Crippen LogP contribution in [0.3, 0.4) is 0 Å². The lowest BCUT2D eigenvalue weighted by Crippen LogP contribution is -2.05. The van der Waals surface area contributed by atoms with Crippen molar-refractivity contribution in [3.8, 4) is 11.5 Å². The van der Waals surface area contributed by atoms with E-state index in [0.717, 1.165) is 0 Å². The predicted octanol–water partition coefficient (Wildman–Crippen LogP) is 5.66. The number of benzene rings is 2. The van der Waals surface area contributed by atoms with E-state index in [2.05, 4.69) is 4.98 Å². The number of ether oxygens (including phenoxy) is 2. The Morgan fingerprint density at radius 3 is 2.52 bits per heavy atom. The third-order valence-corrected chi connectivity index (χ3v) is 5.40. The molecular weight excluding hydrogens is 474 g/mol. The van der Waals surface area contributed by atoms with E-state index in [1.165, 1.54) is 18.3 Å². The topological polar surface area (TPSA) is 93.8 Å². The number of carboxylic acid groups (broad SMARTS) is 1. The van der Waals surface area contributed by atoms with Gasteiger partial charge in [0.05, 0.1) is 18.5 Å². The van der Waals surface area contributed by atoms with Crippen molar-refractivity contribution in [2.24, 2.45) is 0 Å². The van der Waals surface area contributed by atoms with Crippen molar-refractivity contribution < 1.29 is 28.9 Å². The van der Waals surface area contributed by atoms with Crippen molar-refractivity contribution in [2.75, 3.05) is 0 Å². The van der Waals surface area contributed by atoms with Crippen LogP contribution < -0.4 is 9.47 Å². The molecule has 7 nitrogen and oxygen atoms in total. The Balaban J connectivity index is 1.68. The molecule has 0 amide bonds. The Bertz CT molecular complexity index is 1340. The summed E-state index contributed by atoms with van der Waals surface area (Å²) >= 11 is 12.0. The summed E-state index contributed by atoms with van der Waals surface area (Å²) in [5.41, 5.74) is 1.87. The highest BCUT2D eigenvalue weighted by molar-refractivity contribution is 6.30. The van der Waals surface area contributed by atoms with Gasteiger partial charge in [0, 0.05) is 45.2 Å². The van der Waals surface area contributed by atoms with Gasteiger partial charge in [-0.15, -0.1) is 0 Å². The third kappa shape index (κ3) is 5.03. The van der Waals surface area contributed by atoms with Crippen molar-refractivity contribution in [1.82, 2.24) is 9.55 Å². The SMILES string of the molecule is O=C(O)Oc1ccnc2c1c(CO)cn2Cc1cc(Cl)ccc1OCc1ccc(Cl)cc1F. The van der Waals surface area contributed by atoms with Crippen LogP contribution in [0.5, 0.6) is 11.5 Å². The van der Waals surface area contributed by atoms with Crippen LogP contribution in [-0.2, 0) is 19.8 Å². The van der Waals surface area contributed by atoms with Gasteiger partial charge >= 0.3 is 6.16 Å². The minimum absolute atomic E-state index is 0.0270. The highest BCUT2D eigenvalue weighted by Crippen LogP contribution is 2.32. The lowest BCUT2D eigenvalue weighted by atomic mass is 10.2. The monoisotopic (exact) mass is 490 g/mol. The highest BCUT2D eigenvalue weighted by Gasteiger charge is 2.18. The number of carbonyl (C=O) groups is 1. The Morgan fingerprint density at radius 1 is 1.03 bits per heavy atom. The quantitative estimate of drug-likeness (QED) is 0.324. The molecular formula is C23H17Cl2FN2O5. The summed E-state index contributed by atoms with van der Waals surface area (Å²) in [7, 11) is 0. The molecule has 10 heteroatoms. The van der Waals surface area contributed by atoms with Crippen molar-refractivity contribution in [2.45, 2.75) is 19.8 Å². The Kier molecular flexibility index (Phi) is 6.69. The maximum Gasteiger partial charge on any atom is 0.511 e. The second-order valence-corrected chi connectivity index (χ2v) is 7.97. The maximum absolute atomic E-state index is 14.1. The molecule has 0 aliphatic carbocycles. The number of pyridine rings is 1. The van der Waals surface area contributed by atoms with E-state index >= 15 is 0 Å². The molecule has 0 unspecified atom stereocenters. The van der Waals surface area contributed by atoms with Crippen molar-refractivity contribution in [3.63, 3.8) is 0 Å².